The van der Waals surface area contributed by atoms with Gasteiger partial charge < -0.3 is 0 Å². The molecule has 0 spiro atoms. The van der Waals surface area contributed by atoms with Gasteiger partial charge in [-0.2, -0.15) is 0 Å². The van der Waals surface area contributed by atoms with Crippen LogP contribution in [0.5, 0.6) is 0 Å². The summed E-state index contributed by atoms with van der Waals surface area (Å²) in [5.74, 6) is 0. The Labute approximate surface area is 108 Å². The van der Waals surface area contributed by atoms with Crippen LogP contribution in [0.1, 0.15) is 32.6 Å². The predicted octanol–water partition coefficient (Wildman–Crippen LogP) is 4.18. The first kappa shape index (κ1) is 13.5. The van der Waals surface area contributed by atoms with E-state index in [1.807, 2.05) is 3.28 Å². The molecule has 0 unspecified atom stereocenters. The topological polar surface area (TPSA) is 0 Å². The number of allylic oxidation sites excluding steroid dienone is 8. The van der Waals surface area contributed by atoms with Crippen LogP contribution in [0.25, 0.3) is 0 Å². The molecule has 0 aromatic rings. The van der Waals surface area contributed by atoms with Gasteiger partial charge in [0.05, 0.1) is 0 Å². The van der Waals surface area contributed by atoms with E-state index in [-0.39, 0.29) is 0 Å². The van der Waals surface area contributed by atoms with E-state index in [1.54, 1.807) is 8.85 Å². The SMILES string of the molecule is CCCC1=[C]([Zr]([CH3])([CH3])(=[SiH2])[C]2=CC=CC2)CC=C1. The molecule has 0 N–H and O–H groups in total. The van der Waals surface area contributed by atoms with Gasteiger partial charge in [0.2, 0.25) is 0 Å². The molecule has 2 rings (SSSR count). The van der Waals surface area contributed by atoms with Crippen molar-refractivity contribution in [1.82, 2.24) is 0 Å². The molecule has 92 valence electrons. The molecule has 2 aliphatic rings. The Bertz CT molecular complexity index is 509. The van der Waals surface area contributed by atoms with E-state index in [9.17, 15) is 0 Å². The maximum absolute atomic E-state index is 2.75. The van der Waals surface area contributed by atoms with Crippen LogP contribution in [-0.2, 0) is 17.4 Å². The second kappa shape index (κ2) is 4.63. The Balaban J connectivity index is 2.45. The second-order valence-corrected chi connectivity index (χ2v) is 35.2. The molecule has 0 radical (unpaired) electrons. The van der Waals surface area contributed by atoms with E-state index in [1.165, 1.54) is 25.7 Å². The van der Waals surface area contributed by atoms with Crippen LogP contribution in [0, 0.1) is 0 Å². The van der Waals surface area contributed by atoms with Gasteiger partial charge in [-0.25, -0.2) is 0 Å². The van der Waals surface area contributed by atoms with E-state index in [0.717, 1.165) is 0 Å². The summed E-state index contributed by atoms with van der Waals surface area (Å²) in [6.07, 6.45) is 16.8. The Hall–Kier alpha value is 0.0600. The molecule has 0 saturated heterocycles. The van der Waals surface area contributed by atoms with E-state index in [0.29, 0.717) is 0 Å². The fraction of sp³-hybridized carbons (Fsp3) is 0.467. The van der Waals surface area contributed by atoms with Gasteiger partial charge >= 0.3 is 109 Å². The fourth-order valence-electron chi connectivity index (χ4n) is 3.13. The zero-order chi connectivity index (χ0) is 12.5. The van der Waals surface area contributed by atoms with Gasteiger partial charge in [-0.1, -0.05) is 0 Å². The zero-order valence-corrected chi connectivity index (χ0v) is 15.3. The minimum atomic E-state index is -2.75. The van der Waals surface area contributed by atoms with Crippen LogP contribution < -0.4 is 0 Å². The van der Waals surface area contributed by atoms with Crippen molar-refractivity contribution in [3.05, 3.63) is 42.5 Å². The molecular weight excluding hydrogens is 299 g/mol. The summed E-state index contributed by atoms with van der Waals surface area (Å²) in [6, 6.07) is 0. The summed E-state index contributed by atoms with van der Waals surface area (Å²) in [5.41, 5.74) is 1.67. The predicted molar refractivity (Wildman–Crippen MR) is 77.8 cm³/mol. The first-order valence-electron chi connectivity index (χ1n) is 6.77. The average molecular weight is 324 g/mol. The number of hydrogen-bond acceptors (Lipinski definition) is 0. The van der Waals surface area contributed by atoms with Gasteiger partial charge in [0.15, 0.2) is 0 Å². The molecule has 2 aliphatic carbocycles. The zero-order valence-electron chi connectivity index (χ0n) is 11.4. The molecule has 17 heavy (non-hydrogen) atoms. The molecule has 0 fully saturated rings. The molecule has 2 heteroatoms. The van der Waals surface area contributed by atoms with Crippen molar-refractivity contribution in [2.45, 2.75) is 41.9 Å². The van der Waals surface area contributed by atoms with Gasteiger partial charge in [-0.3, -0.25) is 0 Å². The van der Waals surface area contributed by atoms with Crippen LogP contribution in [-0.4, -0.2) is 6.88 Å². The summed E-state index contributed by atoms with van der Waals surface area (Å²) in [5, 5.41) is 0. The third-order valence-corrected chi connectivity index (χ3v) is 21.6. The third-order valence-electron chi connectivity index (χ3n) is 4.32. The monoisotopic (exact) mass is 322 g/mol. The van der Waals surface area contributed by atoms with Crippen LogP contribution >= 0.6 is 0 Å². The summed E-state index contributed by atoms with van der Waals surface area (Å²) >= 11 is -2.75. The quantitative estimate of drug-likeness (QED) is 0.681. The molecule has 0 aromatic heterocycles. The molecule has 0 aromatic carbocycles. The molecule has 0 atom stereocenters. The fourth-order valence-corrected chi connectivity index (χ4v) is 16.2. The summed E-state index contributed by atoms with van der Waals surface area (Å²) < 4.78 is 8.87. The normalized spacial score (nSPS) is 20.4. The van der Waals surface area contributed by atoms with Crippen molar-refractivity contribution in [2.75, 3.05) is 0 Å². The summed E-state index contributed by atoms with van der Waals surface area (Å²) in [6.45, 7) is 4.66. The van der Waals surface area contributed by atoms with Crippen molar-refractivity contribution in [3.63, 3.8) is 0 Å². The van der Waals surface area contributed by atoms with Crippen molar-refractivity contribution in [2.24, 2.45) is 0 Å². The van der Waals surface area contributed by atoms with Crippen LogP contribution in [0.3, 0.4) is 0 Å². The first-order valence-corrected chi connectivity index (χ1v) is 20.1. The molecule has 0 bridgehead atoms. The summed E-state index contributed by atoms with van der Waals surface area (Å²) in [4.78, 5) is 0. The van der Waals surface area contributed by atoms with Crippen molar-refractivity contribution >= 4 is 6.88 Å². The first-order chi connectivity index (χ1) is 7.94. The van der Waals surface area contributed by atoms with Gasteiger partial charge in [0.25, 0.3) is 0 Å². The minimum absolute atomic E-state index is 1.21. The molecule has 0 amide bonds. The maximum atomic E-state index is 2.62. The van der Waals surface area contributed by atoms with Gasteiger partial charge in [0, 0.05) is 0 Å². The van der Waals surface area contributed by atoms with Gasteiger partial charge in [0.1, 0.15) is 0 Å². The second-order valence-electron chi connectivity index (χ2n) is 6.37. The molecule has 0 nitrogen and oxygen atoms in total. The van der Waals surface area contributed by atoms with Gasteiger partial charge in [-0.15, -0.1) is 0 Å². The van der Waals surface area contributed by atoms with Crippen LogP contribution in [0.15, 0.2) is 42.5 Å². The van der Waals surface area contributed by atoms with Crippen molar-refractivity contribution in [3.8, 4) is 0 Å². The third kappa shape index (κ3) is 2.44. The Morgan fingerprint density at radius 2 is 2.00 bits per heavy atom. The van der Waals surface area contributed by atoms with E-state index in [4.69, 9.17) is 0 Å². The van der Waals surface area contributed by atoms with Crippen molar-refractivity contribution in [1.29, 1.82) is 0 Å². The van der Waals surface area contributed by atoms with Crippen LogP contribution in [0.2, 0.25) is 9.26 Å². The number of rotatable bonds is 4. The number of hydrogen-bond donors (Lipinski definition) is 0. The Morgan fingerprint density at radius 3 is 2.59 bits per heavy atom. The Kier molecular flexibility index (Phi) is 3.67. The molecular formula is C15H24SiZr. The standard InChI is InChI=1S/C8H11.C5H5.2CH3.H2Si.Zr/c1-2-5-8-6-3-4-7-8;1-2-4-5-3-1;;;;/h3,6H,2,4-5H2,1H3;1-3H,4H2;2*1H3;1H2;. The van der Waals surface area contributed by atoms with E-state index in [2.05, 4.69) is 53.4 Å². The molecule has 0 heterocycles. The Morgan fingerprint density at radius 1 is 1.24 bits per heavy atom. The van der Waals surface area contributed by atoms with E-state index >= 15 is 0 Å². The van der Waals surface area contributed by atoms with E-state index < -0.39 is 17.4 Å². The van der Waals surface area contributed by atoms with Crippen molar-refractivity contribution < 1.29 is 17.4 Å². The summed E-state index contributed by atoms with van der Waals surface area (Å²) in [7, 11) is 0. The van der Waals surface area contributed by atoms with Gasteiger partial charge in [-0.05, 0) is 0 Å². The average Bonchev–Trinajstić information content (AvgIpc) is 2.88. The van der Waals surface area contributed by atoms with Crippen LogP contribution in [0.4, 0.5) is 0 Å². The molecule has 0 saturated carbocycles. The molecule has 0 aliphatic heterocycles.